The van der Waals surface area contributed by atoms with Gasteiger partial charge in [-0.15, -0.1) is 0 Å². The highest BCUT2D eigenvalue weighted by Gasteiger charge is 2.32. The highest BCUT2D eigenvalue weighted by molar-refractivity contribution is 5.78. The average molecular weight is 516 g/mol. The van der Waals surface area contributed by atoms with Crippen LogP contribution in [0.2, 0.25) is 0 Å². The fourth-order valence-electron chi connectivity index (χ4n) is 4.21. The van der Waals surface area contributed by atoms with E-state index in [9.17, 15) is 14.4 Å². The minimum Gasteiger partial charge on any atom is -0.378 e. The Labute approximate surface area is 213 Å². The molecule has 3 saturated heterocycles. The summed E-state index contributed by atoms with van der Waals surface area (Å²) in [4.78, 5) is 42.7. The Morgan fingerprint density at radius 2 is 0.861 bits per heavy atom. The molecule has 3 aliphatic rings. The molecular formula is C24H41N3O9. The molecule has 0 atom stereocenters. The minimum atomic E-state index is -0.609. The summed E-state index contributed by atoms with van der Waals surface area (Å²) in [6.07, 6.45) is 0.621. The lowest BCUT2D eigenvalue weighted by atomic mass is 9.88. The quantitative estimate of drug-likeness (QED) is 0.305. The topological polar surface area (TPSA) is 116 Å². The van der Waals surface area contributed by atoms with Crippen LogP contribution in [-0.2, 0) is 42.8 Å². The van der Waals surface area contributed by atoms with Gasteiger partial charge in [0, 0.05) is 44.7 Å². The second kappa shape index (κ2) is 15.4. The summed E-state index contributed by atoms with van der Waals surface area (Å²) in [6.45, 7) is 8.94. The molecule has 0 aliphatic carbocycles. The van der Waals surface area contributed by atoms with Crippen LogP contribution in [0.25, 0.3) is 0 Å². The molecule has 3 aliphatic heterocycles. The molecule has 0 bridgehead atoms. The first kappa shape index (κ1) is 28.7. The molecule has 0 N–H and O–H groups in total. The smallest absolute Gasteiger partial charge is 0.248 e. The number of hydrogen-bond donors (Lipinski definition) is 0. The summed E-state index contributed by atoms with van der Waals surface area (Å²) < 4.78 is 33.4. The van der Waals surface area contributed by atoms with E-state index in [4.69, 9.17) is 28.4 Å². The molecule has 3 heterocycles. The molecule has 12 nitrogen and oxygen atoms in total. The lowest BCUT2D eigenvalue weighted by molar-refractivity contribution is -0.149. The van der Waals surface area contributed by atoms with E-state index >= 15 is 0 Å². The van der Waals surface area contributed by atoms with Crippen molar-refractivity contribution in [2.75, 3.05) is 119 Å². The van der Waals surface area contributed by atoms with Crippen molar-refractivity contribution in [1.82, 2.24) is 14.7 Å². The maximum atomic E-state index is 12.5. The van der Waals surface area contributed by atoms with Crippen LogP contribution in [-0.4, -0.2) is 151 Å². The summed E-state index contributed by atoms with van der Waals surface area (Å²) in [6, 6.07) is 0. The first-order chi connectivity index (χ1) is 17.5. The predicted octanol–water partition coefficient (Wildman–Crippen LogP) is -0.991. The number of nitrogens with zero attached hydrogens (tertiary/aromatic N) is 3. The molecule has 12 heteroatoms. The van der Waals surface area contributed by atoms with Crippen LogP contribution < -0.4 is 0 Å². The van der Waals surface area contributed by atoms with Gasteiger partial charge in [0.1, 0.15) is 19.8 Å². The van der Waals surface area contributed by atoms with Crippen LogP contribution >= 0.6 is 0 Å². The van der Waals surface area contributed by atoms with E-state index in [1.165, 1.54) is 0 Å². The number of ether oxygens (including phenoxy) is 6. The fourth-order valence-corrected chi connectivity index (χ4v) is 4.21. The third-order valence-corrected chi connectivity index (χ3v) is 6.74. The summed E-state index contributed by atoms with van der Waals surface area (Å²) in [7, 11) is 0. The standard InChI is InChI=1S/C24H41N3O9/c1-2-24(18-34-15-21(28)25-3-9-31-10-4-25,19-35-16-22(29)26-5-11-32-12-6-26)20-36-17-23(30)27-7-13-33-14-8-27/h2-20H2,1H3. The Bertz CT molecular complexity index is 602. The number of hydrogen-bond acceptors (Lipinski definition) is 9. The highest BCUT2D eigenvalue weighted by atomic mass is 16.5. The first-order valence-corrected chi connectivity index (χ1v) is 12.8. The molecule has 206 valence electrons. The molecule has 0 aromatic rings. The number of carbonyl (C=O) groups excluding carboxylic acids is 3. The van der Waals surface area contributed by atoms with Gasteiger partial charge in [-0.05, 0) is 6.42 Å². The Morgan fingerprint density at radius 1 is 0.583 bits per heavy atom. The van der Waals surface area contributed by atoms with Crippen LogP contribution in [0.4, 0.5) is 0 Å². The van der Waals surface area contributed by atoms with Crippen LogP contribution in [0, 0.1) is 5.41 Å². The van der Waals surface area contributed by atoms with E-state index in [1.807, 2.05) is 6.92 Å². The number of carbonyl (C=O) groups is 3. The summed E-state index contributed by atoms with van der Waals surface area (Å²) in [5.74, 6) is -0.264. The van der Waals surface area contributed by atoms with E-state index in [2.05, 4.69) is 0 Å². The molecule has 0 saturated carbocycles. The van der Waals surface area contributed by atoms with Crippen molar-refractivity contribution in [1.29, 1.82) is 0 Å². The van der Waals surface area contributed by atoms with Crippen molar-refractivity contribution >= 4 is 17.7 Å². The lowest BCUT2D eigenvalue weighted by Gasteiger charge is -2.34. The third-order valence-electron chi connectivity index (χ3n) is 6.74. The van der Waals surface area contributed by atoms with Gasteiger partial charge in [-0.25, -0.2) is 0 Å². The van der Waals surface area contributed by atoms with Crippen molar-refractivity contribution in [2.24, 2.45) is 5.41 Å². The van der Waals surface area contributed by atoms with Gasteiger partial charge in [0.2, 0.25) is 17.7 Å². The normalized spacial score (nSPS) is 19.4. The molecule has 3 fully saturated rings. The van der Waals surface area contributed by atoms with Crippen molar-refractivity contribution in [2.45, 2.75) is 13.3 Å². The van der Waals surface area contributed by atoms with E-state index in [0.29, 0.717) is 85.3 Å². The van der Waals surface area contributed by atoms with Crippen molar-refractivity contribution in [3.8, 4) is 0 Å². The number of amides is 3. The van der Waals surface area contributed by atoms with Crippen molar-refractivity contribution in [3.05, 3.63) is 0 Å². The zero-order valence-electron chi connectivity index (χ0n) is 21.5. The Balaban J connectivity index is 1.50. The van der Waals surface area contributed by atoms with Gasteiger partial charge in [0.25, 0.3) is 0 Å². The van der Waals surface area contributed by atoms with E-state index in [1.54, 1.807) is 14.7 Å². The van der Waals surface area contributed by atoms with E-state index in [0.717, 1.165) is 0 Å². The molecule has 0 spiro atoms. The van der Waals surface area contributed by atoms with E-state index in [-0.39, 0.29) is 57.4 Å². The van der Waals surface area contributed by atoms with Gasteiger partial charge in [-0.3, -0.25) is 14.4 Å². The van der Waals surface area contributed by atoms with Crippen molar-refractivity contribution < 1.29 is 42.8 Å². The minimum absolute atomic E-state index is 0.0544. The Hall–Kier alpha value is -1.83. The maximum absolute atomic E-state index is 12.5. The van der Waals surface area contributed by atoms with Gasteiger partial charge >= 0.3 is 0 Å². The van der Waals surface area contributed by atoms with Gasteiger partial charge in [0.05, 0.1) is 59.5 Å². The second-order valence-corrected chi connectivity index (χ2v) is 9.31. The Kier molecular flexibility index (Phi) is 12.3. The lowest BCUT2D eigenvalue weighted by Crippen LogP contribution is -2.45. The first-order valence-electron chi connectivity index (χ1n) is 12.8. The van der Waals surface area contributed by atoms with Crippen LogP contribution in [0.3, 0.4) is 0 Å². The summed E-state index contributed by atoms with van der Waals surface area (Å²) in [5, 5.41) is 0. The van der Waals surface area contributed by atoms with Gasteiger partial charge in [-0.1, -0.05) is 6.92 Å². The SMILES string of the molecule is CCC(COCC(=O)N1CCOCC1)(COCC(=O)N1CCOCC1)COCC(=O)N1CCOCC1. The molecule has 36 heavy (non-hydrogen) atoms. The van der Waals surface area contributed by atoms with Crippen LogP contribution in [0.15, 0.2) is 0 Å². The largest absolute Gasteiger partial charge is 0.378 e. The number of morpholine rings is 3. The molecule has 3 amide bonds. The molecular weight excluding hydrogens is 474 g/mol. The average Bonchev–Trinajstić information content (AvgIpc) is 2.94. The second-order valence-electron chi connectivity index (χ2n) is 9.31. The highest BCUT2D eigenvalue weighted by Crippen LogP contribution is 2.24. The van der Waals surface area contributed by atoms with Gasteiger partial charge < -0.3 is 43.1 Å². The van der Waals surface area contributed by atoms with Crippen LogP contribution in [0.5, 0.6) is 0 Å². The van der Waals surface area contributed by atoms with Crippen molar-refractivity contribution in [3.63, 3.8) is 0 Å². The van der Waals surface area contributed by atoms with E-state index < -0.39 is 5.41 Å². The molecule has 0 radical (unpaired) electrons. The molecule has 0 aromatic heterocycles. The predicted molar refractivity (Wildman–Crippen MR) is 127 cm³/mol. The third kappa shape index (κ3) is 9.24. The summed E-state index contributed by atoms with van der Waals surface area (Å²) in [5.41, 5.74) is -0.609. The van der Waals surface area contributed by atoms with Crippen LogP contribution in [0.1, 0.15) is 13.3 Å². The maximum Gasteiger partial charge on any atom is 0.248 e. The zero-order valence-corrected chi connectivity index (χ0v) is 21.5. The monoisotopic (exact) mass is 515 g/mol. The van der Waals surface area contributed by atoms with Gasteiger partial charge in [-0.2, -0.15) is 0 Å². The Morgan fingerprint density at radius 3 is 1.11 bits per heavy atom. The fraction of sp³-hybridized carbons (Fsp3) is 0.875. The number of rotatable bonds is 13. The molecule has 0 aromatic carbocycles. The zero-order chi connectivity index (χ0) is 25.6. The summed E-state index contributed by atoms with van der Waals surface area (Å²) >= 11 is 0. The van der Waals surface area contributed by atoms with Gasteiger partial charge in [0.15, 0.2) is 0 Å². The molecule has 0 unspecified atom stereocenters. The molecule has 3 rings (SSSR count).